The lowest BCUT2D eigenvalue weighted by Gasteiger charge is -2.34. The van der Waals surface area contributed by atoms with Crippen LogP contribution >= 0.6 is 0 Å². The number of para-hydroxylation sites is 1. The van der Waals surface area contributed by atoms with Gasteiger partial charge in [0, 0.05) is 11.6 Å². The molecule has 1 unspecified atom stereocenters. The molecule has 1 aromatic carbocycles. The summed E-state index contributed by atoms with van der Waals surface area (Å²) in [7, 11) is 0. The summed E-state index contributed by atoms with van der Waals surface area (Å²) in [5, 5.41) is 0. The second-order valence-corrected chi connectivity index (χ2v) is 6.31. The molecular weight excluding hydrogens is 222 g/mol. The monoisotopic (exact) mass is 247 g/mol. The Morgan fingerprint density at radius 2 is 1.83 bits per heavy atom. The zero-order valence-electron chi connectivity index (χ0n) is 11.8. The van der Waals surface area contributed by atoms with Gasteiger partial charge in [0.1, 0.15) is 5.75 Å². The number of hydrogen-bond acceptors (Lipinski definition) is 2. The first-order chi connectivity index (χ1) is 8.48. The first-order valence-corrected chi connectivity index (χ1v) is 6.99. The summed E-state index contributed by atoms with van der Waals surface area (Å²) in [4.78, 5) is 0. The van der Waals surface area contributed by atoms with Gasteiger partial charge in [-0.2, -0.15) is 0 Å². The number of ether oxygens (including phenoxy) is 1. The predicted octanol–water partition coefficient (Wildman–Crippen LogP) is 4.05. The van der Waals surface area contributed by atoms with Crippen LogP contribution in [-0.4, -0.2) is 6.10 Å². The maximum atomic E-state index is 6.16. The molecule has 1 atom stereocenters. The highest BCUT2D eigenvalue weighted by atomic mass is 16.5. The van der Waals surface area contributed by atoms with Gasteiger partial charge in [-0.3, -0.25) is 0 Å². The van der Waals surface area contributed by atoms with Gasteiger partial charge in [-0.05, 0) is 44.1 Å². The summed E-state index contributed by atoms with van der Waals surface area (Å²) in [6.07, 6.45) is 5.16. The smallest absolute Gasteiger partial charge is 0.124 e. The molecular formula is C16H25NO. The molecule has 0 saturated heterocycles. The molecule has 0 spiro atoms. The van der Waals surface area contributed by atoms with Crippen molar-refractivity contribution in [3.63, 3.8) is 0 Å². The maximum Gasteiger partial charge on any atom is 0.124 e. The highest BCUT2D eigenvalue weighted by Gasteiger charge is 2.28. The molecule has 2 N–H and O–H groups in total. The van der Waals surface area contributed by atoms with E-state index >= 15 is 0 Å². The fourth-order valence-electron chi connectivity index (χ4n) is 2.63. The second-order valence-electron chi connectivity index (χ2n) is 6.31. The largest absolute Gasteiger partial charge is 0.490 e. The lowest BCUT2D eigenvalue weighted by molar-refractivity contribution is 0.0977. The van der Waals surface area contributed by atoms with E-state index in [1.807, 2.05) is 25.1 Å². The molecule has 2 heteroatoms. The first kappa shape index (κ1) is 13.4. The quantitative estimate of drug-likeness (QED) is 0.874. The van der Waals surface area contributed by atoms with E-state index in [9.17, 15) is 0 Å². The van der Waals surface area contributed by atoms with Crippen LogP contribution in [0.15, 0.2) is 24.3 Å². The lowest BCUT2D eigenvalue weighted by Crippen LogP contribution is -2.28. The molecule has 2 rings (SSSR count). The third-order valence-electron chi connectivity index (χ3n) is 3.99. The molecule has 2 nitrogen and oxygen atoms in total. The molecule has 0 radical (unpaired) electrons. The predicted molar refractivity (Wildman–Crippen MR) is 75.7 cm³/mol. The van der Waals surface area contributed by atoms with Gasteiger partial charge in [-0.1, -0.05) is 32.0 Å². The van der Waals surface area contributed by atoms with Crippen LogP contribution < -0.4 is 10.5 Å². The minimum atomic E-state index is 0.0289. The van der Waals surface area contributed by atoms with Crippen LogP contribution in [0.25, 0.3) is 0 Å². The lowest BCUT2D eigenvalue weighted by atomic mass is 9.76. The van der Waals surface area contributed by atoms with E-state index in [4.69, 9.17) is 10.5 Å². The van der Waals surface area contributed by atoms with Crippen molar-refractivity contribution in [3.8, 4) is 5.75 Å². The van der Waals surface area contributed by atoms with Gasteiger partial charge in [0.05, 0.1) is 6.10 Å². The fraction of sp³-hybridized carbons (Fsp3) is 0.625. The average molecular weight is 247 g/mol. The van der Waals surface area contributed by atoms with Crippen LogP contribution in [0.1, 0.15) is 58.1 Å². The van der Waals surface area contributed by atoms with Crippen molar-refractivity contribution >= 4 is 0 Å². The molecule has 1 saturated carbocycles. The second kappa shape index (κ2) is 5.31. The minimum absolute atomic E-state index is 0.0289. The molecule has 1 fully saturated rings. The van der Waals surface area contributed by atoms with Crippen molar-refractivity contribution < 1.29 is 4.74 Å². The Morgan fingerprint density at radius 3 is 2.44 bits per heavy atom. The summed E-state index contributed by atoms with van der Waals surface area (Å²) >= 11 is 0. The van der Waals surface area contributed by atoms with Gasteiger partial charge < -0.3 is 10.5 Å². The van der Waals surface area contributed by atoms with E-state index in [1.165, 1.54) is 12.8 Å². The summed E-state index contributed by atoms with van der Waals surface area (Å²) in [6.45, 7) is 6.70. The highest BCUT2D eigenvalue weighted by molar-refractivity contribution is 5.35. The third kappa shape index (κ3) is 3.26. The SMILES string of the molecule is CC(N)c1ccccc1OC1CCC(C)(C)CC1. The Bertz CT molecular complexity index is 388. The van der Waals surface area contributed by atoms with Crippen LogP contribution in [0.2, 0.25) is 0 Å². The van der Waals surface area contributed by atoms with Crippen LogP contribution in [0.3, 0.4) is 0 Å². The summed E-state index contributed by atoms with van der Waals surface area (Å²) in [5.74, 6) is 0.970. The first-order valence-electron chi connectivity index (χ1n) is 6.99. The summed E-state index contributed by atoms with van der Waals surface area (Å²) < 4.78 is 6.16. The standard InChI is InChI=1S/C16H25NO/c1-12(17)14-6-4-5-7-15(14)18-13-8-10-16(2,3)11-9-13/h4-7,12-13H,8-11,17H2,1-3H3. The molecule has 1 aliphatic rings. The average Bonchev–Trinajstić information content (AvgIpc) is 2.32. The van der Waals surface area contributed by atoms with Crippen molar-refractivity contribution in [2.75, 3.05) is 0 Å². The number of hydrogen-bond donors (Lipinski definition) is 1. The van der Waals surface area contributed by atoms with Crippen LogP contribution in [0.4, 0.5) is 0 Å². The Hall–Kier alpha value is -1.02. The van der Waals surface area contributed by atoms with Crippen molar-refractivity contribution in [1.29, 1.82) is 0 Å². The van der Waals surface area contributed by atoms with E-state index in [0.29, 0.717) is 11.5 Å². The van der Waals surface area contributed by atoms with Gasteiger partial charge in [0.15, 0.2) is 0 Å². The van der Waals surface area contributed by atoms with Crippen molar-refractivity contribution in [2.45, 2.75) is 58.6 Å². The molecule has 0 amide bonds. The number of rotatable bonds is 3. The van der Waals surface area contributed by atoms with Crippen molar-refractivity contribution in [2.24, 2.45) is 11.1 Å². The molecule has 100 valence electrons. The van der Waals surface area contributed by atoms with E-state index in [0.717, 1.165) is 24.2 Å². The van der Waals surface area contributed by atoms with Gasteiger partial charge in [-0.15, -0.1) is 0 Å². The van der Waals surface area contributed by atoms with E-state index in [2.05, 4.69) is 19.9 Å². The molecule has 0 aliphatic heterocycles. The van der Waals surface area contributed by atoms with Gasteiger partial charge >= 0.3 is 0 Å². The Balaban J connectivity index is 2.02. The van der Waals surface area contributed by atoms with Gasteiger partial charge in [0.25, 0.3) is 0 Å². The summed E-state index contributed by atoms with van der Waals surface area (Å²) in [6, 6.07) is 8.18. The van der Waals surface area contributed by atoms with Crippen molar-refractivity contribution in [1.82, 2.24) is 0 Å². The fourth-order valence-corrected chi connectivity index (χ4v) is 2.63. The van der Waals surface area contributed by atoms with Crippen LogP contribution in [0, 0.1) is 5.41 Å². The molecule has 0 heterocycles. The summed E-state index contributed by atoms with van der Waals surface area (Å²) in [5.41, 5.74) is 7.58. The topological polar surface area (TPSA) is 35.2 Å². The van der Waals surface area contributed by atoms with Crippen LogP contribution in [-0.2, 0) is 0 Å². The Labute approximate surface area is 111 Å². The normalized spacial score (nSPS) is 21.6. The zero-order valence-corrected chi connectivity index (χ0v) is 11.8. The minimum Gasteiger partial charge on any atom is -0.490 e. The van der Waals surface area contributed by atoms with Gasteiger partial charge in [-0.25, -0.2) is 0 Å². The van der Waals surface area contributed by atoms with E-state index in [-0.39, 0.29) is 6.04 Å². The molecule has 0 bridgehead atoms. The van der Waals surface area contributed by atoms with E-state index < -0.39 is 0 Å². The van der Waals surface area contributed by atoms with E-state index in [1.54, 1.807) is 0 Å². The molecule has 1 aliphatic carbocycles. The highest BCUT2D eigenvalue weighted by Crippen LogP contribution is 2.37. The third-order valence-corrected chi connectivity index (χ3v) is 3.99. The Kier molecular flexibility index (Phi) is 3.96. The maximum absolute atomic E-state index is 6.16. The zero-order chi connectivity index (χ0) is 13.2. The van der Waals surface area contributed by atoms with Gasteiger partial charge in [0.2, 0.25) is 0 Å². The van der Waals surface area contributed by atoms with Crippen LogP contribution in [0.5, 0.6) is 5.75 Å². The number of nitrogens with two attached hydrogens (primary N) is 1. The Morgan fingerprint density at radius 1 is 1.22 bits per heavy atom. The molecule has 0 aromatic heterocycles. The number of benzene rings is 1. The molecule has 18 heavy (non-hydrogen) atoms. The molecule has 1 aromatic rings. The van der Waals surface area contributed by atoms with Crippen molar-refractivity contribution in [3.05, 3.63) is 29.8 Å².